The van der Waals surface area contributed by atoms with Crippen LogP contribution in [-0.4, -0.2) is 30.5 Å². The Morgan fingerprint density at radius 1 is 0.387 bits per heavy atom. The van der Waals surface area contributed by atoms with E-state index in [0.29, 0.717) is 17.6 Å². The van der Waals surface area contributed by atoms with Crippen LogP contribution in [0, 0.1) is 0 Å². The maximum atomic E-state index is 5.33. The lowest BCUT2D eigenvalue weighted by atomic mass is 9.91. The van der Waals surface area contributed by atoms with Crippen molar-refractivity contribution in [2.24, 2.45) is 0 Å². The third-order valence-corrected chi connectivity index (χ3v) is 12.2. The predicted octanol–water partition coefficient (Wildman–Crippen LogP) is 13.4. The molecule has 7 aromatic carbocycles. The molecule has 0 fully saturated rings. The van der Waals surface area contributed by atoms with Crippen LogP contribution in [0.25, 0.3) is 83.9 Å². The summed E-state index contributed by atoms with van der Waals surface area (Å²) in [7, 11) is 0. The maximum absolute atomic E-state index is 5.33. The molecule has 1 aliphatic heterocycles. The molecular formula is C56H38N6. The van der Waals surface area contributed by atoms with Crippen LogP contribution in [0.2, 0.25) is 0 Å². The zero-order chi connectivity index (χ0) is 41.0. The van der Waals surface area contributed by atoms with Crippen LogP contribution >= 0.6 is 0 Å². The first-order valence-corrected chi connectivity index (χ1v) is 21.1. The van der Waals surface area contributed by atoms with E-state index < -0.39 is 0 Å². The molecule has 3 aromatic heterocycles. The summed E-state index contributed by atoms with van der Waals surface area (Å²) in [5.74, 6) is 1.98. The van der Waals surface area contributed by atoms with E-state index in [9.17, 15) is 0 Å². The van der Waals surface area contributed by atoms with Crippen molar-refractivity contribution in [2.75, 3.05) is 4.90 Å². The monoisotopic (exact) mass is 794 g/mol. The third kappa shape index (κ3) is 6.11. The van der Waals surface area contributed by atoms with E-state index in [1.807, 2.05) is 30.3 Å². The Kier molecular flexibility index (Phi) is 8.52. The van der Waals surface area contributed by atoms with Gasteiger partial charge < -0.3 is 9.47 Å². The molecule has 6 heteroatoms. The number of allylic oxidation sites excluding steroid dienone is 2. The zero-order valence-electron chi connectivity index (χ0n) is 33.6. The first-order valence-electron chi connectivity index (χ1n) is 21.1. The third-order valence-electron chi connectivity index (χ3n) is 12.2. The SMILES string of the molecule is C1=CC2c3cc4c(cc3N(c3nc(-c5ccccc5)nc(-c5cccc(-c6ccccc6)c5)n3)C2C=C1)c1ccccc1n4-c1cccc(-c2cccc(-c3ccccc3)n2)c1. The quantitative estimate of drug-likeness (QED) is 0.161. The molecular weight excluding hydrogens is 757 g/mol. The van der Waals surface area contributed by atoms with Gasteiger partial charge in [-0.05, 0) is 65.2 Å². The Bertz CT molecular complexity index is 3370. The standard InChI is InChI=1S/C56H38N6/c1-4-17-37(18-5-1)40-23-14-25-42(33-40)55-58-54(39-21-8-3-9-22-39)59-56(60-55)62-51-32-13-11-28-45(51)47-35-52-46(36-53(47)62)44-27-10-12-31-50(44)61(52)43-26-15-24-41(34-43)49-30-16-29-48(57-49)38-19-6-2-7-20-38/h1-36,45,51H. The van der Waals surface area contributed by atoms with Gasteiger partial charge in [-0.2, -0.15) is 9.97 Å². The Morgan fingerprint density at radius 2 is 1.00 bits per heavy atom. The molecule has 0 saturated heterocycles. The number of aromatic nitrogens is 5. The van der Waals surface area contributed by atoms with Crippen molar-refractivity contribution in [3.8, 4) is 62.1 Å². The van der Waals surface area contributed by atoms with Gasteiger partial charge in [0.1, 0.15) is 0 Å². The molecule has 12 rings (SSSR count). The van der Waals surface area contributed by atoms with Gasteiger partial charge in [-0.25, -0.2) is 9.97 Å². The molecule has 6 nitrogen and oxygen atoms in total. The molecule has 0 saturated carbocycles. The van der Waals surface area contributed by atoms with E-state index in [-0.39, 0.29) is 12.0 Å². The topological polar surface area (TPSA) is 59.7 Å². The highest BCUT2D eigenvalue weighted by atomic mass is 15.3. The second-order valence-corrected chi connectivity index (χ2v) is 15.9. The van der Waals surface area contributed by atoms with Crippen molar-refractivity contribution in [3.63, 3.8) is 0 Å². The summed E-state index contributed by atoms with van der Waals surface area (Å²) in [6, 6.07) is 68.0. The number of benzene rings is 7. The summed E-state index contributed by atoms with van der Waals surface area (Å²) in [5.41, 5.74) is 13.9. The molecule has 0 radical (unpaired) electrons. The van der Waals surface area contributed by atoms with E-state index in [1.165, 1.54) is 16.3 Å². The number of nitrogens with zero attached hydrogens (tertiary/aromatic N) is 6. The van der Waals surface area contributed by atoms with Gasteiger partial charge in [0.15, 0.2) is 11.6 Å². The average Bonchev–Trinajstić information content (AvgIpc) is 3.86. The summed E-state index contributed by atoms with van der Waals surface area (Å²) in [5, 5.41) is 2.35. The minimum Gasteiger partial charge on any atom is -0.309 e. The molecule has 2 aliphatic rings. The predicted molar refractivity (Wildman–Crippen MR) is 253 cm³/mol. The van der Waals surface area contributed by atoms with Gasteiger partial charge in [0.05, 0.1) is 28.5 Å². The summed E-state index contributed by atoms with van der Waals surface area (Å²) >= 11 is 0. The smallest absolute Gasteiger partial charge is 0.234 e. The molecule has 10 aromatic rings. The fourth-order valence-electron chi connectivity index (χ4n) is 9.26. The zero-order valence-corrected chi connectivity index (χ0v) is 33.6. The van der Waals surface area contributed by atoms with Crippen LogP contribution in [0.1, 0.15) is 11.5 Å². The van der Waals surface area contributed by atoms with Gasteiger partial charge >= 0.3 is 0 Å². The van der Waals surface area contributed by atoms with E-state index >= 15 is 0 Å². The fourth-order valence-corrected chi connectivity index (χ4v) is 9.26. The van der Waals surface area contributed by atoms with Crippen molar-refractivity contribution in [1.29, 1.82) is 0 Å². The lowest BCUT2D eigenvalue weighted by molar-refractivity contribution is 0.728. The molecule has 0 amide bonds. The van der Waals surface area contributed by atoms with Crippen molar-refractivity contribution in [2.45, 2.75) is 12.0 Å². The Morgan fingerprint density at radius 3 is 1.81 bits per heavy atom. The van der Waals surface area contributed by atoms with Crippen molar-refractivity contribution in [1.82, 2.24) is 24.5 Å². The summed E-state index contributed by atoms with van der Waals surface area (Å²) in [4.78, 5) is 23.2. The Balaban J connectivity index is 1.03. The second-order valence-electron chi connectivity index (χ2n) is 15.9. The Labute approximate surface area is 359 Å². The molecule has 2 unspecified atom stereocenters. The second kappa shape index (κ2) is 14.8. The summed E-state index contributed by atoms with van der Waals surface area (Å²) < 4.78 is 2.41. The number of hydrogen-bond donors (Lipinski definition) is 0. The number of anilines is 2. The van der Waals surface area contributed by atoms with Crippen LogP contribution in [0.5, 0.6) is 0 Å². The summed E-state index contributed by atoms with van der Waals surface area (Å²) in [6.07, 6.45) is 8.91. The van der Waals surface area contributed by atoms with Crippen LogP contribution < -0.4 is 4.90 Å². The van der Waals surface area contributed by atoms with E-state index in [1.54, 1.807) is 0 Å². The highest BCUT2D eigenvalue weighted by Crippen LogP contribution is 2.50. The molecule has 0 bridgehead atoms. The number of rotatable bonds is 7. The van der Waals surface area contributed by atoms with Gasteiger partial charge in [0, 0.05) is 50.3 Å². The van der Waals surface area contributed by atoms with Crippen LogP contribution in [0.3, 0.4) is 0 Å². The van der Waals surface area contributed by atoms with Gasteiger partial charge in [-0.3, -0.25) is 0 Å². The fraction of sp³-hybridized carbons (Fsp3) is 0.0357. The molecule has 0 N–H and O–H groups in total. The number of pyridine rings is 1. The molecule has 4 heterocycles. The molecule has 2 atom stereocenters. The minimum atomic E-state index is -0.0259. The molecule has 1 aliphatic carbocycles. The average molecular weight is 795 g/mol. The van der Waals surface area contributed by atoms with Crippen LogP contribution in [0.4, 0.5) is 11.6 Å². The van der Waals surface area contributed by atoms with E-state index in [0.717, 1.165) is 67.2 Å². The van der Waals surface area contributed by atoms with E-state index in [2.05, 4.69) is 198 Å². The highest BCUT2D eigenvalue weighted by molar-refractivity contribution is 6.11. The number of fused-ring (bicyclic) bond motifs is 6. The van der Waals surface area contributed by atoms with Gasteiger partial charge in [-0.1, -0.05) is 170 Å². The van der Waals surface area contributed by atoms with Crippen LogP contribution in [0.15, 0.2) is 218 Å². The first-order chi connectivity index (χ1) is 30.7. The first kappa shape index (κ1) is 35.7. The largest absolute Gasteiger partial charge is 0.309 e. The molecule has 0 spiro atoms. The number of hydrogen-bond acceptors (Lipinski definition) is 5. The maximum Gasteiger partial charge on any atom is 0.234 e. The van der Waals surface area contributed by atoms with Gasteiger partial charge in [0.25, 0.3) is 0 Å². The minimum absolute atomic E-state index is 0.0259. The van der Waals surface area contributed by atoms with Crippen molar-refractivity contribution >= 4 is 33.4 Å². The van der Waals surface area contributed by atoms with E-state index in [4.69, 9.17) is 19.9 Å². The molecule has 62 heavy (non-hydrogen) atoms. The lowest BCUT2D eigenvalue weighted by Crippen LogP contribution is -2.30. The highest BCUT2D eigenvalue weighted by Gasteiger charge is 2.40. The summed E-state index contributed by atoms with van der Waals surface area (Å²) in [6.45, 7) is 0. The van der Waals surface area contributed by atoms with Gasteiger partial charge in [-0.15, -0.1) is 0 Å². The lowest BCUT2D eigenvalue weighted by Gasteiger charge is -2.27. The molecule has 292 valence electrons. The van der Waals surface area contributed by atoms with Crippen LogP contribution in [-0.2, 0) is 0 Å². The normalized spacial score (nSPS) is 15.3. The number of para-hydroxylation sites is 1. The van der Waals surface area contributed by atoms with Crippen molar-refractivity contribution in [3.05, 3.63) is 224 Å². The Hall–Kier alpha value is -8.22. The van der Waals surface area contributed by atoms with Crippen molar-refractivity contribution < 1.29 is 0 Å². The van der Waals surface area contributed by atoms with Gasteiger partial charge in [0.2, 0.25) is 5.95 Å².